The van der Waals surface area contributed by atoms with E-state index < -0.39 is 17.9 Å². The minimum Gasteiger partial charge on any atom is -0.464 e. The molecular weight excluding hydrogens is 200 g/mol. The Bertz CT molecular complexity index is 218. The second kappa shape index (κ2) is 7.19. The van der Waals surface area contributed by atoms with Crippen LogP contribution in [0.25, 0.3) is 0 Å². The lowest BCUT2D eigenvalue weighted by molar-refractivity contribution is -0.151. The Morgan fingerprint density at radius 3 is 2.47 bits per heavy atom. The molecule has 0 rings (SSSR count). The van der Waals surface area contributed by atoms with Crippen LogP contribution < -0.4 is 11.2 Å². The van der Waals surface area contributed by atoms with E-state index in [0.29, 0.717) is 6.61 Å². The Morgan fingerprint density at radius 1 is 1.40 bits per heavy atom. The van der Waals surface area contributed by atoms with E-state index in [1.54, 1.807) is 6.92 Å². The standard InChI is InChI=1S/C9H18N2O4/c1-4-14-9(13)7(10)8(12)11-15-5-6(2)3/h6-7H,4-5,10H2,1-3H3,(H,11,12). The van der Waals surface area contributed by atoms with Crippen molar-refractivity contribution in [3.05, 3.63) is 0 Å². The lowest BCUT2D eigenvalue weighted by Crippen LogP contribution is -2.47. The summed E-state index contributed by atoms with van der Waals surface area (Å²) in [6.07, 6.45) is 0. The fraction of sp³-hybridized carbons (Fsp3) is 0.778. The minimum atomic E-state index is -1.34. The molecule has 0 radical (unpaired) electrons. The van der Waals surface area contributed by atoms with Crippen molar-refractivity contribution in [1.29, 1.82) is 0 Å². The quantitative estimate of drug-likeness (QED) is 0.359. The SMILES string of the molecule is CCOC(=O)C(N)C(=O)NOCC(C)C. The Morgan fingerprint density at radius 2 is 2.00 bits per heavy atom. The number of ether oxygens (including phenoxy) is 1. The molecule has 1 unspecified atom stereocenters. The van der Waals surface area contributed by atoms with Gasteiger partial charge in [0.1, 0.15) is 0 Å². The van der Waals surface area contributed by atoms with Crippen molar-refractivity contribution < 1.29 is 19.2 Å². The largest absolute Gasteiger partial charge is 0.464 e. The average Bonchev–Trinajstić information content (AvgIpc) is 2.16. The van der Waals surface area contributed by atoms with Crippen molar-refractivity contribution in [3.8, 4) is 0 Å². The molecule has 1 amide bonds. The van der Waals surface area contributed by atoms with E-state index in [9.17, 15) is 9.59 Å². The molecule has 0 heterocycles. The van der Waals surface area contributed by atoms with Gasteiger partial charge in [-0.15, -0.1) is 0 Å². The number of carbonyl (C=O) groups excluding carboxylic acids is 2. The highest BCUT2D eigenvalue weighted by Gasteiger charge is 2.23. The lowest BCUT2D eigenvalue weighted by atomic mass is 10.2. The molecule has 0 spiro atoms. The van der Waals surface area contributed by atoms with Crippen LogP contribution in [0.3, 0.4) is 0 Å². The van der Waals surface area contributed by atoms with Gasteiger partial charge in [-0.2, -0.15) is 0 Å². The van der Waals surface area contributed by atoms with Crippen molar-refractivity contribution in [2.24, 2.45) is 11.7 Å². The van der Waals surface area contributed by atoms with Crippen LogP contribution in [0.2, 0.25) is 0 Å². The zero-order valence-corrected chi connectivity index (χ0v) is 9.28. The summed E-state index contributed by atoms with van der Waals surface area (Å²) in [7, 11) is 0. The molecule has 3 N–H and O–H groups in total. The van der Waals surface area contributed by atoms with Crippen LogP contribution in [0.4, 0.5) is 0 Å². The van der Waals surface area contributed by atoms with Crippen LogP contribution in [-0.4, -0.2) is 31.1 Å². The molecule has 0 aromatic rings. The summed E-state index contributed by atoms with van der Waals surface area (Å²) in [5.74, 6) is -1.18. The number of hydrogen-bond acceptors (Lipinski definition) is 5. The number of hydroxylamine groups is 1. The predicted octanol–water partition coefficient (Wildman–Crippen LogP) is -0.419. The molecule has 0 aromatic carbocycles. The third kappa shape index (κ3) is 6.03. The number of rotatable bonds is 6. The van der Waals surface area contributed by atoms with Gasteiger partial charge in [0, 0.05) is 0 Å². The molecule has 6 nitrogen and oxygen atoms in total. The first-order chi connectivity index (χ1) is 6.99. The molecule has 6 heteroatoms. The molecule has 88 valence electrons. The normalized spacial score (nSPS) is 12.3. The first-order valence-corrected chi connectivity index (χ1v) is 4.82. The van der Waals surface area contributed by atoms with Gasteiger partial charge in [0.05, 0.1) is 13.2 Å². The van der Waals surface area contributed by atoms with E-state index in [1.165, 1.54) is 0 Å². The van der Waals surface area contributed by atoms with Crippen LogP contribution >= 0.6 is 0 Å². The molecule has 0 bridgehead atoms. The van der Waals surface area contributed by atoms with Crippen LogP contribution in [0.1, 0.15) is 20.8 Å². The maximum Gasteiger partial charge on any atom is 0.332 e. The van der Waals surface area contributed by atoms with Crippen LogP contribution in [0.15, 0.2) is 0 Å². The number of carbonyl (C=O) groups is 2. The Kier molecular flexibility index (Phi) is 6.64. The molecule has 0 fully saturated rings. The molecule has 0 saturated heterocycles. The van der Waals surface area contributed by atoms with Crippen molar-refractivity contribution in [2.45, 2.75) is 26.8 Å². The smallest absolute Gasteiger partial charge is 0.332 e. The maximum atomic E-state index is 11.2. The highest BCUT2D eigenvalue weighted by Crippen LogP contribution is 1.91. The molecular formula is C9H18N2O4. The van der Waals surface area contributed by atoms with Gasteiger partial charge in [-0.25, -0.2) is 10.3 Å². The van der Waals surface area contributed by atoms with Gasteiger partial charge in [-0.1, -0.05) is 13.8 Å². The first kappa shape index (κ1) is 13.9. The lowest BCUT2D eigenvalue weighted by Gasteiger charge is -2.11. The first-order valence-electron chi connectivity index (χ1n) is 4.82. The molecule has 0 aliphatic rings. The van der Waals surface area contributed by atoms with Gasteiger partial charge in [0.2, 0.25) is 0 Å². The average molecular weight is 218 g/mol. The summed E-state index contributed by atoms with van der Waals surface area (Å²) >= 11 is 0. The van der Waals surface area contributed by atoms with E-state index >= 15 is 0 Å². The van der Waals surface area contributed by atoms with Crippen molar-refractivity contribution in [3.63, 3.8) is 0 Å². The van der Waals surface area contributed by atoms with Crippen molar-refractivity contribution >= 4 is 11.9 Å². The fourth-order valence-electron chi connectivity index (χ4n) is 0.682. The maximum absolute atomic E-state index is 11.2. The highest BCUT2D eigenvalue weighted by atomic mass is 16.7. The third-order valence-electron chi connectivity index (χ3n) is 1.41. The summed E-state index contributed by atoms with van der Waals surface area (Å²) in [6, 6.07) is -1.34. The minimum absolute atomic E-state index is 0.187. The number of nitrogens with two attached hydrogens (primary N) is 1. The van der Waals surface area contributed by atoms with Gasteiger partial charge in [0.15, 0.2) is 6.04 Å². The van der Waals surface area contributed by atoms with Gasteiger partial charge in [-0.3, -0.25) is 9.63 Å². The van der Waals surface area contributed by atoms with E-state index in [4.69, 9.17) is 10.6 Å². The van der Waals surface area contributed by atoms with Crippen LogP contribution in [0, 0.1) is 5.92 Å². The predicted molar refractivity (Wildman–Crippen MR) is 53.5 cm³/mol. The second-order valence-electron chi connectivity index (χ2n) is 3.40. The van der Waals surface area contributed by atoms with Gasteiger partial charge in [-0.05, 0) is 12.8 Å². The molecule has 1 atom stereocenters. The van der Waals surface area contributed by atoms with Gasteiger partial charge >= 0.3 is 5.97 Å². The zero-order valence-electron chi connectivity index (χ0n) is 9.28. The highest BCUT2D eigenvalue weighted by molar-refractivity contribution is 6.01. The summed E-state index contributed by atoms with van der Waals surface area (Å²) in [5.41, 5.74) is 7.39. The molecule has 15 heavy (non-hydrogen) atoms. The number of hydrogen-bond donors (Lipinski definition) is 2. The van der Waals surface area contributed by atoms with E-state index in [2.05, 4.69) is 10.2 Å². The Labute approximate surface area is 89.1 Å². The van der Waals surface area contributed by atoms with Crippen molar-refractivity contribution in [1.82, 2.24) is 5.48 Å². The van der Waals surface area contributed by atoms with Gasteiger partial charge < -0.3 is 10.5 Å². The number of amides is 1. The third-order valence-corrected chi connectivity index (χ3v) is 1.41. The summed E-state index contributed by atoms with van der Waals surface area (Å²) < 4.78 is 4.57. The molecule has 0 aromatic heterocycles. The topological polar surface area (TPSA) is 90.7 Å². The summed E-state index contributed by atoms with van der Waals surface area (Å²) in [5, 5.41) is 0. The monoisotopic (exact) mass is 218 g/mol. The zero-order chi connectivity index (χ0) is 11.8. The van der Waals surface area contributed by atoms with Gasteiger partial charge in [0.25, 0.3) is 5.91 Å². The fourth-order valence-corrected chi connectivity index (χ4v) is 0.682. The van der Waals surface area contributed by atoms with Crippen molar-refractivity contribution in [2.75, 3.05) is 13.2 Å². The van der Waals surface area contributed by atoms with E-state index in [-0.39, 0.29) is 12.5 Å². The van der Waals surface area contributed by atoms with E-state index in [1.807, 2.05) is 13.8 Å². The van der Waals surface area contributed by atoms with Crippen LogP contribution in [-0.2, 0) is 19.2 Å². The molecule has 0 aliphatic heterocycles. The number of nitrogens with one attached hydrogen (secondary N) is 1. The Hall–Kier alpha value is -1.14. The summed E-state index contributed by atoms with van der Waals surface area (Å²) in [4.78, 5) is 27.0. The number of esters is 1. The Balaban J connectivity index is 3.83. The molecule has 0 saturated carbocycles. The van der Waals surface area contributed by atoms with E-state index in [0.717, 1.165) is 0 Å². The summed E-state index contributed by atoms with van der Waals surface area (Å²) in [6.45, 7) is 6.04. The second-order valence-corrected chi connectivity index (χ2v) is 3.40. The van der Waals surface area contributed by atoms with Crippen LogP contribution in [0.5, 0.6) is 0 Å². The molecule has 0 aliphatic carbocycles.